The first-order valence-corrected chi connectivity index (χ1v) is 15.4. The summed E-state index contributed by atoms with van der Waals surface area (Å²) in [6, 6.07) is 32.3. The SMILES string of the molecule is ClP(Cl)(Cl)(Cl)Cl.c1ccc(P(c2ccccc2)c2ccccc2)cc1. The van der Waals surface area contributed by atoms with Crippen LogP contribution in [-0.2, 0) is 0 Å². The van der Waals surface area contributed by atoms with Crippen LogP contribution >= 0.6 is 67.5 Å². The Bertz CT molecular complexity index is 661. The Kier molecular flexibility index (Phi) is 7.87. The van der Waals surface area contributed by atoms with Crippen LogP contribution in [0.5, 0.6) is 0 Å². The third-order valence-electron chi connectivity index (χ3n) is 3.04. The average molecular weight is 471 g/mol. The Morgan fingerprint density at radius 1 is 0.440 bits per heavy atom. The first-order valence-electron chi connectivity index (χ1n) is 7.25. The molecule has 0 unspecified atom stereocenters. The molecule has 0 N–H and O–H groups in total. The van der Waals surface area contributed by atoms with E-state index >= 15 is 0 Å². The van der Waals surface area contributed by atoms with Gasteiger partial charge in [-0.05, 0) is 23.8 Å². The molecule has 0 heterocycles. The normalized spacial score (nSPS) is 12.6. The molecule has 3 rings (SSSR count). The summed E-state index contributed by atoms with van der Waals surface area (Å²) < 4.78 is -3.69. The minimum absolute atomic E-state index is 0.446. The fourth-order valence-electron chi connectivity index (χ4n) is 2.18. The van der Waals surface area contributed by atoms with Crippen molar-refractivity contribution in [3.05, 3.63) is 91.0 Å². The molecule has 0 fully saturated rings. The summed E-state index contributed by atoms with van der Waals surface area (Å²) >= 11 is 24.9. The molecule has 7 heteroatoms. The molecule has 0 bridgehead atoms. The molecule has 0 amide bonds. The Hall–Kier alpha value is -0.0300. The number of hydrogen-bond acceptors (Lipinski definition) is 0. The molecule has 3 aromatic rings. The van der Waals surface area contributed by atoms with Crippen LogP contribution in [0.15, 0.2) is 91.0 Å². The van der Waals surface area contributed by atoms with Gasteiger partial charge in [0.25, 0.3) is 0 Å². The van der Waals surface area contributed by atoms with Crippen LogP contribution in [0.4, 0.5) is 0 Å². The van der Waals surface area contributed by atoms with Gasteiger partial charge in [-0.3, -0.25) is 0 Å². The van der Waals surface area contributed by atoms with E-state index in [2.05, 4.69) is 91.0 Å². The molecule has 0 aromatic heterocycles. The van der Waals surface area contributed by atoms with Gasteiger partial charge in [-0.15, -0.1) is 0 Å². The van der Waals surface area contributed by atoms with Crippen molar-refractivity contribution in [3.8, 4) is 0 Å². The van der Waals surface area contributed by atoms with Crippen LogP contribution < -0.4 is 15.9 Å². The van der Waals surface area contributed by atoms with Crippen molar-refractivity contribution >= 4 is 83.4 Å². The van der Waals surface area contributed by atoms with Crippen LogP contribution in [0.2, 0.25) is 0 Å². The molecule has 0 aliphatic heterocycles. The molecule has 0 saturated carbocycles. The van der Waals surface area contributed by atoms with Crippen molar-refractivity contribution in [2.45, 2.75) is 0 Å². The van der Waals surface area contributed by atoms with E-state index in [1.54, 1.807) is 0 Å². The molecule has 0 aliphatic rings. The largest absolute Gasteiger partial charge is 0.0622 e. The van der Waals surface area contributed by atoms with Gasteiger partial charge in [-0.25, -0.2) is 0 Å². The standard InChI is InChI=1S/C18H15P.Cl5P/c1-4-10-16(11-5-1)19(17-12-6-2-7-13-17)18-14-8-3-9-15-18;1-6(2,3,4)5/h1-15H;. The van der Waals surface area contributed by atoms with Crippen LogP contribution in [0.1, 0.15) is 0 Å². The van der Waals surface area contributed by atoms with Gasteiger partial charge in [0.2, 0.25) is 0 Å². The van der Waals surface area contributed by atoms with Crippen molar-refractivity contribution in [1.29, 1.82) is 0 Å². The van der Waals surface area contributed by atoms with E-state index < -0.39 is 11.3 Å². The predicted octanol–water partition coefficient (Wildman–Crippen LogP) is 7.75. The molecular weight excluding hydrogens is 455 g/mol. The fraction of sp³-hybridized carbons (Fsp3) is 0. The van der Waals surface area contributed by atoms with Gasteiger partial charge in [-0.1, -0.05) is 91.0 Å². The van der Waals surface area contributed by atoms with Gasteiger partial charge in [0, 0.05) is 0 Å². The van der Waals surface area contributed by atoms with Crippen molar-refractivity contribution in [1.82, 2.24) is 0 Å². The van der Waals surface area contributed by atoms with E-state index in [1.807, 2.05) is 0 Å². The van der Waals surface area contributed by atoms with E-state index in [-0.39, 0.29) is 0 Å². The second-order valence-corrected chi connectivity index (χ2v) is 23.8. The Balaban J connectivity index is 0.000000326. The smallest absolute Gasteiger partial charge is 0.0134 e. The Morgan fingerprint density at radius 2 is 0.640 bits per heavy atom. The summed E-state index contributed by atoms with van der Waals surface area (Å²) in [5.41, 5.74) is 0. The molecule has 0 nitrogen and oxygen atoms in total. The summed E-state index contributed by atoms with van der Waals surface area (Å²) in [6.45, 7) is 0. The third kappa shape index (κ3) is 8.94. The topological polar surface area (TPSA) is 0 Å². The maximum absolute atomic E-state index is 4.98. The van der Waals surface area contributed by atoms with Crippen LogP contribution in [0.25, 0.3) is 0 Å². The second-order valence-electron chi connectivity index (χ2n) is 4.98. The zero-order chi connectivity index (χ0) is 18.4. The maximum atomic E-state index is 4.98. The van der Waals surface area contributed by atoms with Crippen LogP contribution in [0.3, 0.4) is 0 Å². The van der Waals surface area contributed by atoms with Crippen molar-refractivity contribution in [3.63, 3.8) is 0 Å². The molecule has 0 spiro atoms. The van der Waals surface area contributed by atoms with E-state index in [1.165, 1.54) is 15.9 Å². The molecular formula is C18H15Cl5P2. The summed E-state index contributed by atoms with van der Waals surface area (Å²) in [6.07, 6.45) is 0. The minimum atomic E-state index is -3.69. The van der Waals surface area contributed by atoms with E-state index in [0.29, 0.717) is 0 Å². The van der Waals surface area contributed by atoms with Crippen molar-refractivity contribution < 1.29 is 0 Å². The molecule has 0 radical (unpaired) electrons. The number of rotatable bonds is 3. The van der Waals surface area contributed by atoms with Gasteiger partial charge in [0.1, 0.15) is 0 Å². The number of benzene rings is 3. The van der Waals surface area contributed by atoms with Gasteiger partial charge in [0.05, 0.1) is 0 Å². The Morgan fingerprint density at radius 3 is 0.840 bits per heavy atom. The van der Waals surface area contributed by atoms with Crippen molar-refractivity contribution in [2.24, 2.45) is 0 Å². The first-order chi connectivity index (χ1) is 11.7. The second kappa shape index (κ2) is 9.25. The van der Waals surface area contributed by atoms with E-state index in [4.69, 9.17) is 56.2 Å². The van der Waals surface area contributed by atoms with Crippen LogP contribution in [0, 0.1) is 0 Å². The third-order valence-corrected chi connectivity index (χ3v) is 5.49. The van der Waals surface area contributed by atoms with Gasteiger partial charge in [0.15, 0.2) is 0 Å². The quantitative estimate of drug-likeness (QED) is 0.343. The monoisotopic (exact) mass is 468 g/mol. The van der Waals surface area contributed by atoms with Gasteiger partial charge < -0.3 is 0 Å². The molecule has 132 valence electrons. The summed E-state index contributed by atoms with van der Waals surface area (Å²) in [7, 11) is -0.446. The zero-order valence-corrected chi connectivity index (χ0v) is 18.5. The summed E-state index contributed by atoms with van der Waals surface area (Å²) in [4.78, 5) is 0. The van der Waals surface area contributed by atoms with Gasteiger partial charge in [-0.2, -0.15) is 0 Å². The molecule has 0 atom stereocenters. The van der Waals surface area contributed by atoms with Crippen molar-refractivity contribution in [2.75, 3.05) is 0 Å². The van der Waals surface area contributed by atoms with E-state index in [0.717, 1.165) is 0 Å². The average Bonchev–Trinajstić information content (AvgIpc) is 2.56. The fourth-order valence-corrected chi connectivity index (χ4v) is 4.48. The molecule has 3 aromatic carbocycles. The molecule has 0 saturated heterocycles. The zero-order valence-electron chi connectivity index (χ0n) is 12.9. The Labute approximate surface area is 173 Å². The first kappa shape index (κ1) is 21.3. The number of halogens is 5. The van der Waals surface area contributed by atoms with Gasteiger partial charge >= 0.3 is 59.6 Å². The maximum Gasteiger partial charge on any atom is -0.0134 e. The minimum Gasteiger partial charge on any atom is -0.0622 e. The number of hydrogen-bond donors (Lipinski definition) is 0. The van der Waals surface area contributed by atoms with Crippen LogP contribution in [-0.4, -0.2) is 0 Å². The van der Waals surface area contributed by atoms with E-state index in [9.17, 15) is 0 Å². The summed E-state index contributed by atoms with van der Waals surface area (Å²) in [5.74, 6) is 0. The molecule has 0 aliphatic carbocycles. The summed E-state index contributed by atoms with van der Waals surface area (Å²) in [5, 5.41) is 4.19. The molecule has 25 heavy (non-hydrogen) atoms. The predicted molar refractivity (Wildman–Crippen MR) is 121 cm³/mol.